The molecule has 118 valence electrons. The highest BCUT2D eigenvalue weighted by Crippen LogP contribution is 2.20. The maximum Gasteiger partial charge on any atom is 0.326 e. The summed E-state index contributed by atoms with van der Waals surface area (Å²) in [5.41, 5.74) is 0.660. The number of benzene rings is 1. The Morgan fingerprint density at radius 3 is 2.19 bits per heavy atom. The molecular weight excluding hydrogens is 292 g/mol. The molecule has 21 heavy (non-hydrogen) atoms. The van der Waals surface area contributed by atoms with E-state index in [0.29, 0.717) is 12.1 Å². The Kier molecular flexibility index (Phi) is 5.74. The van der Waals surface area contributed by atoms with Gasteiger partial charge in [-0.15, -0.1) is 0 Å². The number of hydrogen-bond donors (Lipinski definition) is 2. The maximum absolute atomic E-state index is 12.0. The summed E-state index contributed by atoms with van der Waals surface area (Å²) >= 11 is 0. The van der Waals surface area contributed by atoms with Crippen LogP contribution in [0.1, 0.15) is 27.2 Å². The molecule has 0 fully saturated rings. The highest BCUT2D eigenvalue weighted by Gasteiger charge is 2.21. The molecule has 0 saturated heterocycles. The highest BCUT2D eigenvalue weighted by molar-refractivity contribution is 7.89. The molecule has 0 aromatic heterocycles. The van der Waals surface area contributed by atoms with Crippen LogP contribution in [0.4, 0.5) is 5.69 Å². The molecule has 1 aromatic rings. The lowest BCUT2D eigenvalue weighted by atomic mass is 10.2. The van der Waals surface area contributed by atoms with Gasteiger partial charge in [0.15, 0.2) is 0 Å². The molecular formula is C14H22N2O4S. The van der Waals surface area contributed by atoms with Gasteiger partial charge >= 0.3 is 5.97 Å². The normalized spacial score (nSPS) is 13.2. The van der Waals surface area contributed by atoms with E-state index in [4.69, 9.17) is 5.11 Å². The summed E-state index contributed by atoms with van der Waals surface area (Å²) in [6, 6.07) is 5.35. The minimum absolute atomic E-state index is 0.164. The first-order valence-corrected chi connectivity index (χ1v) is 8.25. The molecule has 0 saturated carbocycles. The van der Waals surface area contributed by atoms with Gasteiger partial charge in [0.05, 0.1) is 4.90 Å². The second kappa shape index (κ2) is 6.91. The standard InChI is InChI=1S/C14H22N2O4S/c1-5-13(14(17)18)16(4)11-6-8-12(9-7-11)21(19,20)15-10(2)3/h6-10,13,15H,5H2,1-4H3,(H,17,18). The largest absolute Gasteiger partial charge is 0.480 e. The van der Waals surface area contributed by atoms with Gasteiger partial charge in [0.2, 0.25) is 10.0 Å². The number of carbonyl (C=O) groups is 1. The zero-order valence-electron chi connectivity index (χ0n) is 12.7. The molecule has 0 bridgehead atoms. The third-order valence-electron chi connectivity index (χ3n) is 3.08. The minimum Gasteiger partial charge on any atom is -0.480 e. The van der Waals surface area contributed by atoms with E-state index in [1.807, 2.05) is 0 Å². The lowest BCUT2D eigenvalue weighted by Crippen LogP contribution is -2.38. The zero-order chi connectivity index (χ0) is 16.2. The predicted molar refractivity (Wildman–Crippen MR) is 82.0 cm³/mol. The minimum atomic E-state index is -3.53. The fourth-order valence-electron chi connectivity index (χ4n) is 2.03. The van der Waals surface area contributed by atoms with E-state index < -0.39 is 22.0 Å². The number of nitrogens with one attached hydrogen (secondary N) is 1. The molecule has 0 heterocycles. The number of aliphatic carboxylic acids is 1. The SMILES string of the molecule is CCC(C(=O)O)N(C)c1ccc(S(=O)(=O)NC(C)C)cc1. The number of sulfonamides is 1. The number of anilines is 1. The third kappa shape index (κ3) is 4.44. The summed E-state index contributed by atoms with van der Waals surface area (Å²) in [4.78, 5) is 12.9. The summed E-state index contributed by atoms with van der Waals surface area (Å²) < 4.78 is 26.5. The smallest absolute Gasteiger partial charge is 0.326 e. The number of carboxylic acid groups (broad SMARTS) is 1. The number of nitrogens with zero attached hydrogens (tertiary/aromatic N) is 1. The summed E-state index contributed by atoms with van der Waals surface area (Å²) in [5.74, 6) is -0.904. The number of rotatable bonds is 7. The summed E-state index contributed by atoms with van der Waals surface area (Å²) in [5, 5.41) is 9.14. The van der Waals surface area contributed by atoms with Crippen LogP contribution in [-0.2, 0) is 14.8 Å². The van der Waals surface area contributed by atoms with E-state index in [9.17, 15) is 13.2 Å². The van der Waals surface area contributed by atoms with Crippen molar-refractivity contribution < 1.29 is 18.3 Å². The van der Waals surface area contributed by atoms with Crippen molar-refractivity contribution in [2.45, 2.75) is 44.2 Å². The first-order valence-electron chi connectivity index (χ1n) is 6.77. The van der Waals surface area contributed by atoms with Crippen LogP contribution < -0.4 is 9.62 Å². The summed E-state index contributed by atoms with van der Waals surface area (Å²) in [7, 11) is -1.85. The first kappa shape index (κ1) is 17.5. The van der Waals surface area contributed by atoms with Gasteiger partial charge in [-0.2, -0.15) is 0 Å². The van der Waals surface area contributed by atoms with Crippen molar-refractivity contribution in [1.82, 2.24) is 4.72 Å². The third-order valence-corrected chi connectivity index (χ3v) is 4.76. The molecule has 1 atom stereocenters. The molecule has 0 aliphatic heterocycles. The van der Waals surface area contributed by atoms with Crippen LogP contribution in [0.2, 0.25) is 0 Å². The molecule has 7 heteroatoms. The average Bonchev–Trinajstić information content (AvgIpc) is 2.37. The lowest BCUT2D eigenvalue weighted by molar-refractivity contribution is -0.138. The molecule has 6 nitrogen and oxygen atoms in total. The fourth-order valence-corrected chi connectivity index (χ4v) is 3.28. The summed E-state index contributed by atoms with van der Waals surface area (Å²) in [6.07, 6.45) is 0.459. The number of likely N-dealkylation sites (N-methyl/N-ethyl adjacent to an activating group) is 1. The molecule has 1 rings (SSSR count). The van der Waals surface area contributed by atoms with Crippen molar-refractivity contribution in [3.05, 3.63) is 24.3 Å². The van der Waals surface area contributed by atoms with Gasteiger partial charge in [0, 0.05) is 18.8 Å². The molecule has 0 radical (unpaired) electrons. The van der Waals surface area contributed by atoms with Crippen LogP contribution in [0.5, 0.6) is 0 Å². The molecule has 0 aliphatic rings. The second-order valence-electron chi connectivity index (χ2n) is 5.14. The van der Waals surface area contributed by atoms with E-state index in [2.05, 4.69) is 4.72 Å². The number of carboxylic acids is 1. The Bertz CT molecular complexity index is 581. The maximum atomic E-state index is 12.0. The van der Waals surface area contributed by atoms with Gasteiger partial charge in [0.25, 0.3) is 0 Å². The van der Waals surface area contributed by atoms with Crippen molar-refractivity contribution in [2.75, 3.05) is 11.9 Å². The van der Waals surface area contributed by atoms with Crippen LogP contribution in [0, 0.1) is 0 Å². The van der Waals surface area contributed by atoms with Crippen molar-refractivity contribution in [2.24, 2.45) is 0 Å². The fraction of sp³-hybridized carbons (Fsp3) is 0.500. The Morgan fingerprint density at radius 1 is 1.29 bits per heavy atom. The monoisotopic (exact) mass is 314 g/mol. The van der Waals surface area contributed by atoms with Crippen LogP contribution in [0.3, 0.4) is 0 Å². The van der Waals surface area contributed by atoms with E-state index in [-0.39, 0.29) is 10.9 Å². The van der Waals surface area contributed by atoms with Crippen LogP contribution in [0.15, 0.2) is 29.2 Å². The van der Waals surface area contributed by atoms with Crippen molar-refractivity contribution >= 4 is 21.7 Å². The topological polar surface area (TPSA) is 86.7 Å². The lowest BCUT2D eigenvalue weighted by Gasteiger charge is -2.26. The van der Waals surface area contributed by atoms with Gasteiger partial charge in [-0.05, 0) is 44.5 Å². The van der Waals surface area contributed by atoms with Crippen molar-refractivity contribution in [3.63, 3.8) is 0 Å². The molecule has 0 aliphatic carbocycles. The van der Waals surface area contributed by atoms with Gasteiger partial charge in [-0.25, -0.2) is 17.9 Å². The van der Waals surface area contributed by atoms with E-state index in [1.54, 1.807) is 44.9 Å². The Labute approximate surface area is 125 Å². The quantitative estimate of drug-likeness (QED) is 0.799. The second-order valence-corrected chi connectivity index (χ2v) is 6.86. The highest BCUT2D eigenvalue weighted by atomic mass is 32.2. The number of hydrogen-bond acceptors (Lipinski definition) is 4. The Morgan fingerprint density at radius 2 is 1.81 bits per heavy atom. The van der Waals surface area contributed by atoms with E-state index >= 15 is 0 Å². The average molecular weight is 314 g/mol. The van der Waals surface area contributed by atoms with Crippen molar-refractivity contribution in [3.8, 4) is 0 Å². The van der Waals surface area contributed by atoms with Gasteiger partial charge < -0.3 is 10.0 Å². The Hall–Kier alpha value is -1.60. The van der Waals surface area contributed by atoms with E-state index in [1.165, 1.54) is 12.1 Å². The first-order chi connectivity index (χ1) is 9.69. The Balaban J connectivity index is 3.00. The van der Waals surface area contributed by atoms with Gasteiger partial charge in [-0.3, -0.25) is 0 Å². The predicted octanol–water partition coefficient (Wildman–Crippen LogP) is 1.67. The van der Waals surface area contributed by atoms with Gasteiger partial charge in [0.1, 0.15) is 6.04 Å². The molecule has 1 unspecified atom stereocenters. The van der Waals surface area contributed by atoms with Crippen LogP contribution in [-0.4, -0.2) is 38.6 Å². The molecule has 1 aromatic carbocycles. The van der Waals surface area contributed by atoms with Crippen LogP contribution in [0.25, 0.3) is 0 Å². The summed E-state index contributed by atoms with van der Waals surface area (Å²) in [6.45, 7) is 5.29. The molecule has 2 N–H and O–H groups in total. The van der Waals surface area contributed by atoms with Gasteiger partial charge in [-0.1, -0.05) is 6.92 Å². The molecule has 0 spiro atoms. The zero-order valence-corrected chi connectivity index (χ0v) is 13.5. The molecule has 0 amide bonds. The van der Waals surface area contributed by atoms with Crippen molar-refractivity contribution in [1.29, 1.82) is 0 Å². The van der Waals surface area contributed by atoms with E-state index in [0.717, 1.165) is 0 Å². The van der Waals surface area contributed by atoms with Crippen LogP contribution >= 0.6 is 0 Å².